The second-order valence-electron chi connectivity index (χ2n) is 2.72. The Balaban J connectivity index is 3.28. The van der Waals surface area contributed by atoms with Crippen molar-refractivity contribution in [3.8, 4) is 0 Å². The van der Waals surface area contributed by atoms with Gasteiger partial charge in [-0.2, -0.15) is 0 Å². The van der Waals surface area contributed by atoms with E-state index in [1.165, 1.54) is 0 Å². The van der Waals surface area contributed by atoms with Gasteiger partial charge in [-0.25, -0.2) is 0 Å². The van der Waals surface area contributed by atoms with Crippen LogP contribution in [0.15, 0.2) is 18.2 Å². The first-order valence-electron chi connectivity index (χ1n) is 3.98. The monoisotopic (exact) mass is 189 g/mol. The molecule has 60 valence electrons. The van der Waals surface area contributed by atoms with Gasteiger partial charge >= 0.3 is 0 Å². The van der Waals surface area contributed by atoms with Crippen LogP contribution in [0.25, 0.3) is 0 Å². The van der Waals surface area contributed by atoms with Crippen molar-refractivity contribution in [2.45, 2.75) is 19.8 Å². The molecule has 0 unspecified atom stereocenters. The maximum absolute atomic E-state index is 7.35. The second-order valence-corrected chi connectivity index (χ2v) is 3.53. The maximum atomic E-state index is 7.35. The zero-order valence-electron chi connectivity index (χ0n) is 7.49. The Kier molecular flexibility index (Phi) is 2.35. The normalized spacial score (nSPS) is 11.9. The topological polar surface area (TPSA) is 0 Å². The lowest BCUT2D eigenvalue weighted by Gasteiger charge is -2.09. The first kappa shape index (κ1) is 7.45. The van der Waals surface area contributed by atoms with E-state index in [9.17, 15) is 0 Å². The van der Waals surface area contributed by atoms with Crippen molar-refractivity contribution >= 4 is 23.2 Å². The van der Waals surface area contributed by atoms with Gasteiger partial charge in [0.1, 0.15) is 0 Å². The minimum atomic E-state index is 0.297. The molecule has 0 N–H and O–H groups in total. The summed E-state index contributed by atoms with van der Waals surface area (Å²) in [5, 5.41) is 1.17. The molecule has 2 heteroatoms. The van der Waals surface area contributed by atoms with Gasteiger partial charge in [-0.3, -0.25) is 0 Å². The molecular weight excluding hydrogens is 179 g/mol. The predicted octanol–water partition coefficient (Wildman–Crippen LogP) is 4.12. The average molecular weight is 190 g/mol. The fourth-order valence-electron chi connectivity index (χ4n) is 1.01. The van der Waals surface area contributed by atoms with Gasteiger partial charge in [0.15, 0.2) is 0 Å². The molecule has 0 fully saturated rings. The maximum Gasteiger partial charge on any atom is 0.0624 e. The molecule has 0 amide bonds. The molecule has 11 heavy (non-hydrogen) atoms. The summed E-state index contributed by atoms with van der Waals surface area (Å²) >= 11 is 11.9. The van der Waals surface area contributed by atoms with E-state index in [-0.39, 0.29) is 0 Å². The lowest BCUT2D eigenvalue weighted by molar-refractivity contribution is 0.867. The highest BCUT2D eigenvalue weighted by Crippen LogP contribution is 2.30. The van der Waals surface area contributed by atoms with Crippen molar-refractivity contribution in [2.24, 2.45) is 0 Å². The lowest BCUT2D eigenvalue weighted by atomic mass is 10.0. The van der Waals surface area contributed by atoms with E-state index < -0.39 is 0 Å². The summed E-state index contributed by atoms with van der Waals surface area (Å²) in [6.07, 6.45) is 0. The smallest absolute Gasteiger partial charge is 0.0624 e. The molecule has 0 bridgehead atoms. The van der Waals surface area contributed by atoms with Crippen LogP contribution in [0.1, 0.15) is 26.7 Å². The summed E-state index contributed by atoms with van der Waals surface area (Å²) in [6.45, 7) is 4.05. The van der Waals surface area contributed by atoms with Gasteiger partial charge in [-0.15, -0.1) is 0 Å². The van der Waals surface area contributed by atoms with Crippen LogP contribution in [0.5, 0.6) is 0 Å². The van der Waals surface area contributed by atoms with Crippen LogP contribution in [-0.4, -0.2) is 0 Å². The molecule has 0 aliphatic heterocycles. The van der Waals surface area contributed by atoms with Gasteiger partial charge in [0, 0.05) is 10.0 Å². The summed E-state index contributed by atoms with van der Waals surface area (Å²) < 4.78 is 7.35. The molecule has 1 aromatic carbocycles. The first-order chi connectivity index (χ1) is 5.52. The molecule has 0 saturated heterocycles. The SMILES string of the molecule is [2H]c1cc(Cl)c(C(C)C)c(Cl)c1. The Hall–Kier alpha value is -0.200. The third-order valence-corrected chi connectivity index (χ3v) is 2.14. The van der Waals surface area contributed by atoms with E-state index in [0.29, 0.717) is 22.0 Å². The van der Waals surface area contributed by atoms with Gasteiger partial charge in [0.2, 0.25) is 0 Å². The van der Waals surface area contributed by atoms with Crippen molar-refractivity contribution in [2.75, 3.05) is 0 Å². The predicted molar refractivity (Wildman–Crippen MR) is 50.6 cm³/mol. The fourth-order valence-corrected chi connectivity index (χ4v) is 1.82. The van der Waals surface area contributed by atoms with Crippen LogP contribution in [-0.2, 0) is 0 Å². The summed E-state index contributed by atoms with van der Waals surface area (Å²) in [4.78, 5) is 0. The molecule has 0 atom stereocenters. The Morgan fingerprint density at radius 3 is 2.09 bits per heavy atom. The lowest BCUT2D eigenvalue weighted by Crippen LogP contribution is -1.89. The van der Waals surface area contributed by atoms with Crippen molar-refractivity contribution in [1.82, 2.24) is 0 Å². The van der Waals surface area contributed by atoms with Gasteiger partial charge in [-0.05, 0) is 23.6 Å². The minimum absolute atomic E-state index is 0.297. The van der Waals surface area contributed by atoms with Gasteiger partial charge in [0.25, 0.3) is 0 Å². The summed E-state index contributed by atoms with van der Waals surface area (Å²) in [7, 11) is 0. The van der Waals surface area contributed by atoms with Crippen LogP contribution in [0.4, 0.5) is 0 Å². The quantitative estimate of drug-likeness (QED) is 0.624. The van der Waals surface area contributed by atoms with Crippen molar-refractivity contribution < 1.29 is 1.37 Å². The first-order valence-corrected chi connectivity index (χ1v) is 4.23. The van der Waals surface area contributed by atoms with Crippen molar-refractivity contribution in [3.63, 3.8) is 0 Å². The zero-order chi connectivity index (χ0) is 9.30. The number of benzene rings is 1. The van der Waals surface area contributed by atoms with E-state index in [1.54, 1.807) is 12.1 Å². The number of hydrogen-bond acceptors (Lipinski definition) is 0. The summed E-state index contributed by atoms with van der Waals surface area (Å²) in [5.41, 5.74) is 0.925. The number of hydrogen-bond donors (Lipinski definition) is 0. The molecule has 0 heterocycles. The third-order valence-electron chi connectivity index (χ3n) is 1.51. The highest BCUT2D eigenvalue weighted by atomic mass is 35.5. The Morgan fingerprint density at radius 1 is 1.27 bits per heavy atom. The van der Waals surface area contributed by atoms with Gasteiger partial charge < -0.3 is 0 Å². The Labute approximate surface area is 78.5 Å². The minimum Gasteiger partial charge on any atom is -0.0840 e. The van der Waals surface area contributed by atoms with Crippen molar-refractivity contribution in [1.29, 1.82) is 0 Å². The molecule has 0 aliphatic carbocycles. The molecule has 0 aliphatic rings. The van der Waals surface area contributed by atoms with E-state index in [0.717, 1.165) is 5.56 Å². The van der Waals surface area contributed by atoms with E-state index in [1.807, 2.05) is 13.8 Å². The highest BCUT2D eigenvalue weighted by molar-refractivity contribution is 6.36. The number of rotatable bonds is 1. The van der Waals surface area contributed by atoms with Crippen LogP contribution >= 0.6 is 23.2 Å². The molecule has 0 saturated carbocycles. The van der Waals surface area contributed by atoms with E-state index in [4.69, 9.17) is 24.6 Å². The second kappa shape index (κ2) is 3.46. The van der Waals surface area contributed by atoms with Crippen molar-refractivity contribution in [3.05, 3.63) is 33.8 Å². The van der Waals surface area contributed by atoms with Crippen LogP contribution < -0.4 is 0 Å². The average Bonchev–Trinajstić information content (AvgIpc) is 1.82. The molecule has 0 spiro atoms. The molecule has 1 rings (SSSR count). The number of halogens is 2. The molecule has 0 radical (unpaired) electrons. The fraction of sp³-hybridized carbons (Fsp3) is 0.333. The summed E-state index contributed by atoms with van der Waals surface area (Å²) in [6, 6.07) is 3.58. The van der Waals surface area contributed by atoms with E-state index >= 15 is 0 Å². The van der Waals surface area contributed by atoms with E-state index in [2.05, 4.69) is 0 Å². The highest BCUT2D eigenvalue weighted by Gasteiger charge is 2.07. The third kappa shape index (κ3) is 1.88. The largest absolute Gasteiger partial charge is 0.0840 e. The standard InChI is InChI=1S/C9H10Cl2/c1-6(2)9-7(10)4-3-5-8(9)11/h3-6H,1-2H3/i3D. The molecular formula is C9H10Cl2. The molecule has 1 aromatic rings. The molecule has 0 nitrogen and oxygen atoms in total. The Bertz CT molecular complexity index is 272. The summed E-state index contributed by atoms with van der Waals surface area (Å²) in [5.74, 6) is 0.297. The van der Waals surface area contributed by atoms with Gasteiger partial charge in [0.05, 0.1) is 1.37 Å². The van der Waals surface area contributed by atoms with Crippen LogP contribution in [0.3, 0.4) is 0 Å². The van der Waals surface area contributed by atoms with Gasteiger partial charge in [-0.1, -0.05) is 43.1 Å². The zero-order valence-corrected chi connectivity index (χ0v) is 8.00. The van der Waals surface area contributed by atoms with Crippen LogP contribution in [0.2, 0.25) is 10.0 Å². The molecule has 0 aromatic heterocycles. The van der Waals surface area contributed by atoms with Crippen LogP contribution in [0, 0.1) is 0 Å². The Morgan fingerprint density at radius 2 is 1.73 bits per heavy atom.